The lowest BCUT2D eigenvalue weighted by atomic mass is 9.75. The van der Waals surface area contributed by atoms with Crippen LogP contribution in [0.3, 0.4) is 0 Å². The third kappa shape index (κ3) is 4.90. The highest BCUT2D eigenvalue weighted by Gasteiger charge is 2.59. The second-order valence-corrected chi connectivity index (χ2v) is 10.2. The number of hydrogen-bond acceptors (Lipinski definition) is 7. The van der Waals surface area contributed by atoms with E-state index in [2.05, 4.69) is 4.98 Å². The van der Waals surface area contributed by atoms with E-state index in [1.807, 2.05) is 4.90 Å². The Morgan fingerprint density at radius 2 is 1.87 bits per heavy atom. The van der Waals surface area contributed by atoms with Gasteiger partial charge in [-0.05, 0) is 74.7 Å². The van der Waals surface area contributed by atoms with Gasteiger partial charge in [0.05, 0.1) is 24.0 Å². The molecule has 13 heteroatoms. The van der Waals surface area contributed by atoms with E-state index in [1.165, 1.54) is 6.07 Å². The summed E-state index contributed by atoms with van der Waals surface area (Å²) in [6.07, 6.45) is -0.694. The summed E-state index contributed by atoms with van der Waals surface area (Å²) < 4.78 is 46.8. The molecule has 0 atom stereocenters. The molecule has 2 saturated heterocycles. The van der Waals surface area contributed by atoms with Crippen molar-refractivity contribution in [1.82, 2.24) is 9.88 Å². The van der Waals surface area contributed by atoms with Gasteiger partial charge in [-0.3, -0.25) is 19.4 Å². The molecular formula is C26H24F3N5O4S. The molecule has 204 valence electrons. The third-order valence-corrected chi connectivity index (χ3v) is 7.79. The van der Waals surface area contributed by atoms with Crippen LogP contribution in [0.25, 0.3) is 0 Å². The van der Waals surface area contributed by atoms with Gasteiger partial charge in [0.25, 0.3) is 5.91 Å². The van der Waals surface area contributed by atoms with E-state index < -0.39 is 34.8 Å². The van der Waals surface area contributed by atoms with E-state index in [0.29, 0.717) is 50.2 Å². The monoisotopic (exact) mass is 559 g/mol. The van der Waals surface area contributed by atoms with Gasteiger partial charge in [-0.2, -0.15) is 18.4 Å². The minimum atomic E-state index is -4.82. The Morgan fingerprint density at radius 1 is 1.21 bits per heavy atom. The second-order valence-electron chi connectivity index (χ2n) is 9.82. The fraction of sp³-hybridized carbons (Fsp3) is 0.423. The maximum absolute atomic E-state index is 13.6. The van der Waals surface area contributed by atoms with Crippen molar-refractivity contribution in [1.29, 1.82) is 5.26 Å². The number of rotatable bonds is 6. The molecule has 1 N–H and O–H groups in total. The van der Waals surface area contributed by atoms with E-state index in [1.54, 1.807) is 29.2 Å². The number of halogens is 3. The van der Waals surface area contributed by atoms with Gasteiger partial charge in [0.15, 0.2) is 10.8 Å². The molecular weight excluding hydrogens is 535 g/mol. The standard InChI is InChI=1S/C26H24F3N5O4S/c27-26(28,29)20-12-17(14-31-21(20)13-30)33-23(37)25(8-1-9-25)34(24(33)39)16-2-4-18(5-3-16)38-19-6-10-32(11-7-19)15-22(35)36/h2-5,12,14,19H,1,6-11,15H2,(H,35,36). The first-order valence-corrected chi connectivity index (χ1v) is 12.8. The zero-order valence-electron chi connectivity index (χ0n) is 20.6. The summed E-state index contributed by atoms with van der Waals surface area (Å²) in [6, 6.07) is 9.22. The summed E-state index contributed by atoms with van der Waals surface area (Å²) in [5.74, 6) is -0.674. The highest BCUT2D eigenvalue weighted by molar-refractivity contribution is 7.81. The number of carbonyl (C=O) groups excluding carboxylic acids is 1. The number of thiocarbonyl (C=S) groups is 1. The molecule has 2 aliphatic heterocycles. The number of aromatic nitrogens is 1. The SMILES string of the molecule is N#Cc1ncc(N2C(=O)C3(CCC3)N(c3ccc(OC4CCN(CC(=O)O)CC4)cc3)C2=S)cc1C(F)(F)F. The predicted molar refractivity (Wildman–Crippen MR) is 137 cm³/mol. The number of alkyl halides is 3. The Kier molecular flexibility index (Phi) is 6.94. The van der Waals surface area contributed by atoms with Crippen LogP contribution in [0.2, 0.25) is 0 Å². The van der Waals surface area contributed by atoms with Gasteiger partial charge in [0, 0.05) is 18.8 Å². The van der Waals surface area contributed by atoms with Crippen molar-refractivity contribution in [2.24, 2.45) is 0 Å². The Bertz CT molecular complexity index is 1350. The number of amides is 1. The summed E-state index contributed by atoms with van der Waals surface area (Å²) >= 11 is 5.63. The number of carboxylic acid groups (broad SMARTS) is 1. The predicted octanol–water partition coefficient (Wildman–Crippen LogP) is 3.96. The maximum atomic E-state index is 13.6. The summed E-state index contributed by atoms with van der Waals surface area (Å²) in [7, 11) is 0. The van der Waals surface area contributed by atoms with Crippen molar-refractivity contribution in [2.75, 3.05) is 29.4 Å². The van der Waals surface area contributed by atoms with E-state index in [-0.39, 0.29) is 23.4 Å². The zero-order valence-corrected chi connectivity index (χ0v) is 21.5. The van der Waals surface area contributed by atoms with Crippen molar-refractivity contribution in [3.8, 4) is 11.8 Å². The minimum absolute atomic E-state index is 0.00466. The number of anilines is 2. The summed E-state index contributed by atoms with van der Waals surface area (Å²) in [6.45, 7) is 1.25. The van der Waals surface area contributed by atoms with E-state index in [9.17, 15) is 22.8 Å². The first-order chi connectivity index (χ1) is 18.5. The smallest absolute Gasteiger partial charge is 0.419 e. The highest BCUT2D eigenvalue weighted by Crippen LogP contribution is 2.48. The lowest BCUT2D eigenvalue weighted by Crippen LogP contribution is -2.55. The van der Waals surface area contributed by atoms with Crippen LogP contribution in [0.5, 0.6) is 5.75 Å². The summed E-state index contributed by atoms with van der Waals surface area (Å²) in [4.78, 5) is 32.8. The number of piperidine rings is 1. The number of hydrogen-bond donors (Lipinski definition) is 1. The van der Waals surface area contributed by atoms with Crippen LogP contribution in [-0.4, -0.2) is 63.3 Å². The number of benzene rings is 1. The molecule has 3 heterocycles. The Hall–Kier alpha value is -3.76. The molecule has 3 aliphatic rings. The first kappa shape index (κ1) is 26.8. The molecule has 1 aromatic carbocycles. The van der Waals surface area contributed by atoms with Crippen molar-refractivity contribution in [2.45, 2.75) is 49.9 Å². The molecule has 9 nitrogen and oxygen atoms in total. The number of carboxylic acids is 1. The fourth-order valence-electron chi connectivity index (χ4n) is 5.33. The molecule has 39 heavy (non-hydrogen) atoms. The largest absolute Gasteiger partial charge is 0.490 e. The molecule has 1 aromatic heterocycles. The van der Waals surface area contributed by atoms with Crippen molar-refractivity contribution < 1.29 is 32.6 Å². The zero-order chi connectivity index (χ0) is 27.9. The normalized spacial score (nSPS) is 19.7. The maximum Gasteiger partial charge on any atom is 0.419 e. The number of ether oxygens (including phenoxy) is 1. The Morgan fingerprint density at radius 3 is 2.41 bits per heavy atom. The van der Waals surface area contributed by atoms with E-state index in [0.717, 1.165) is 23.6 Å². The minimum Gasteiger partial charge on any atom is -0.490 e. The van der Waals surface area contributed by atoms with Crippen LogP contribution in [0, 0.1) is 11.3 Å². The number of nitrogens with zero attached hydrogens (tertiary/aromatic N) is 5. The molecule has 0 unspecified atom stereocenters. The topological polar surface area (TPSA) is 110 Å². The van der Waals surface area contributed by atoms with E-state index >= 15 is 0 Å². The molecule has 5 rings (SSSR count). The van der Waals surface area contributed by atoms with Gasteiger partial charge in [-0.1, -0.05) is 0 Å². The first-order valence-electron chi connectivity index (χ1n) is 12.4. The molecule has 1 saturated carbocycles. The van der Waals surface area contributed by atoms with Gasteiger partial charge in [0.2, 0.25) is 0 Å². The average molecular weight is 560 g/mol. The molecule has 1 spiro atoms. The van der Waals surface area contributed by atoms with Crippen LogP contribution >= 0.6 is 12.2 Å². The molecule has 0 radical (unpaired) electrons. The Labute approximate surface area is 227 Å². The molecule has 0 bridgehead atoms. The third-order valence-electron chi connectivity index (χ3n) is 7.43. The van der Waals surface area contributed by atoms with Crippen LogP contribution in [0.4, 0.5) is 24.5 Å². The number of carbonyl (C=O) groups is 2. The molecule has 3 fully saturated rings. The summed E-state index contributed by atoms with van der Waals surface area (Å²) in [5.41, 5.74) is -2.53. The second kappa shape index (κ2) is 10.1. The number of aliphatic carboxylic acids is 1. The van der Waals surface area contributed by atoms with Crippen molar-refractivity contribution in [3.05, 3.63) is 47.8 Å². The molecule has 2 aromatic rings. The quantitative estimate of drug-likeness (QED) is 0.526. The van der Waals surface area contributed by atoms with Gasteiger partial charge in [-0.15, -0.1) is 0 Å². The number of likely N-dealkylation sites (tertiary alicyclic amines) is 1. The van der Waals surface area contributed by atoms with Crippen LogP contribution < -0.4 is 14.5 Å². The van der Waals surface area contributed by atoms with Gasteiger partial charge < -0.3 is 14.7 Å². The van der Waals surface area contributed by atoms with Crippen molar-refractivity contribution in [3.63, 3.8) is 0 Å². The van der Waals surface area contributed by atoms with Crippen molar-refractivity contribution >= 4 is 40.6 Å². The van der Waals surface area contributed by atoms with Crippen LogP contribution in [0.15, 0.2) is 36.5 Å². The highest BCUT2D eigenvalue weighted by atomic mass is 32.1. The lowest BCUT2D eigenvalue weighted by Gasteiger charge is -2.43. The molecule has 1 amide bonds. The van der Waals surface area contributed by atoms with Crippen LogP contribution in [0.1, 0.15) is 43.4 Å². The van der Waals surface area contributed by atoms with Gasteiger partial charge in [0.1, 0.15) is 23.5 Å². The van der Waals surface area contributed by atoms with Crippen LogP contribution in [-0.2, 0) is 15.8 Å². The van der Waals surface area contributed by atoms with E-state index in [4.69, 9.17) is 27.3 Å². The van der Waals surface area contributed by atoms with Gasteiger partial charge >= 0.3 is 12.1 Å². The Balaban J connectivity index is 1.36. The number of pyridine rings is 1. The summed E-state index contributed by atoms with van der Waals surface area (Å²) in [5, 5.41) is 18.1. The molecule has 1 aliphatic carbocycles. The fourth-order valence-corrected chi connectivity index (χ4v) is 5.80. The number of nitriles is 1. The average Bonchev–Trinajstić information content (AvgIpc) is 3.11. The lowest BCUT2D eigenvalue weighted by molar-refractivity contribution is -0.139. The van der Waals surface area contributed by atoms with Gasteiger partial charge in [-0.25, -0.2) is 4.98 Å².